The maximum absolute atomic E-state index is 12.6. The molecule has 0 spiro atoms. The highest BCUT2D eigenvalue weighted by Gasteiger charge is 2.10. The van der Waals surface area contributed by atoms with E-state index in [1.54, 1.807) is 23.9 Å². The standard InChI is InChI=1S/C20H19N3O3S/c1-27-17-9-7-16(8-10-17)21-18(24)14-23-19(25)11-12-22(20(23)26)13-15-5-3-2-4-6-15/h2-12H,13-14H2,1H3,(H,21,24). The van der Waals surface area contributed by atoms with Gasteiger partial charge in [0.25, 0.3) is 5.56 Å². The molecule has 138 valence electrons. The van der Waals surface area contributed by atoms with Crippen LogP contribution in [-0.2, 0) is 17.9 Å². The molecule has 0 bridgehead atoms. The predicted molar refractivity (Wildman–Crippen MR) is 107 cm³/mol. The first-order valence-electron chi connectivity index (χ1n) is 8.35. The van der Waals surface area contributed by atoms with E-state index in [1.165, 1.54) is 16.8 Å². The molecule has 0 saturated heterocycles. The highest BCUT2D eigenvalue weighted by atomic mass is 32.2. The van der Waals surface area contributed by atoms with Crippen molar-refractivity contribution in [1.29, 1.82) is 0 Å². The number of nitrogens with zero attached hydrogens (tertiary/aromatic N) is 2. The largest absolute Gasteiger partial charge is 0.331 e. The molecule has 27 heavy (non-hydrogen) atoms. The van der Waals surface area contributed by atoms with Crippen molar-refractivity contribution in [1.82, 2.24) is 9.13 Å². The van der Waals surface area contributed by atoms with Crippen molar-refractivity contribution in [2.45, 2.75) is 18.0 Å². The first-order chi connectivity index (χ1) is 13.1. The lowest BCUT2D eigenvalue weighted by Crippen LogP contribution is -2.41. The number of hydrogen-bond acceptors (Lipinski definition) is 4. The summed E-state index contributed by atoms with van der Waals surface area (Å²) in [5.74, 6) is -0.427. The average molecular weight is 381 g/mol. The minimum atomic E-state index is -0.515. The molecule has 0 aliphatic rings. The van der Waals surface area contributed by atoms with Crippen molar-refractivity contribution in [3.05, 3.63) is 93.3 Å². The summed E-state index contributed by atoms with van der Waals surface area (Å²) in [5.41, 5.74) is 0.533. The first-order valence-corrected chi connectivity index (χ1v) is 9.57. The molecule has 0 unspecified atom stereocenters. The lowest BCUT2D eigenvalue weighted by Gasteiger charge is -2.10. The zero-order valence-electron chi connectivity index (χ0n) is 14.8. The van der Waals surface area contributed by atoms with Gasteiger partial charge in [0.1, 0.15) is 6.54 Å². The van der Waals surface area contributed by atoms with E-state index >= 15 is 0 Å². The Morgan fingerprint density at radius 2 is 1.70 bits per heavy atom. The number of hydrogen-bond donors (Lipinski definition) is 1. The summed E-state index contributed by atoms with van der Waals surface area (Å²) in [6.45, 7) is -0.00467. The summed E-state index contributed by atoms with van der Waals surface area (Å²) in [6, 6.07) is 18.1. The number of benzene rings is 2. The van der Waals surface area contributed by atoms with Crippen LogP contribution in [0.2, 0.25) is 0 Å². The lowest BCUT2D eigenvalue weighted by atomic mass is 10.2. The topological polar surface area (TPSA) is 73.1 Å². The van der Waals surface area contributed by atoms with Crippen molar-refractivity contribution < 1.29 is 4.79 Å². The molecule has 3 rings (SSSR count). The Hall–Kier alpha value is -3.06. The first kappa shape index (κ1) is 18.7. The summed E-state index contributed by atoms with van der Waals surface area (Å²) in [7, 11) is 0. The van der Waals surface area contributed by atoms with E-state index in [2.05, 4.69) is 5.32 Å². The second-order valence-electron chi connectivity index (χ2n) is 5.91. The van der Waals surface area contributed by atoms with Gasteiger partial charge in [0.2, 0.25) is 5.91 Å². The molecule has 6 nitrogen and oxygen atoms in total. The van der Waals surface area contributed by atoms with E-state index < -0.39 is 17.2 Å². The molecule has 0 fully saturated rings. The number of aromatic nitrogens is 2. The summed E-state index contributed by atoms with van der Waals surface area (Å²) < 4.78 is 2.35. The molecule has 0 atom stereocenters. The normalized spacial score (nSPS) is 10.6. The van der Waals surface area contributed by atoms with Gasteiger partial charge in [-0.15, -0.1) is 11.8 Å². The van der Waals surface area contributed by atoms with Crippen LogP contribution < -0.4 is 16.6 Å². The average Bonchev–Trinajstić information content (AvgIpc) is 2.69. The van der Waals surface area contributed by atoms with Crippen molar-refractivity contribution in [3.63, 3.8) is 0 Å². The number of thioether (sulfide) groups is 1. The van der Waals surface area contributed by atoms with Crippen LogP contribution in [0, 0.1) is 0 Å². The minimum absolute atomic E-state index is 0.331. The number of anilines is 1. The van der Waals surface area contributed by atoms with Gasteiger partial charge in [0.05, 0.1) is 6.54 Å². The molecule has 2 aromatic carbocycles. The van der Waals surface area contributed by atoms with Crippen LogP contribution in [-0.4, -0.2) is 21.3 Å². The van der Waals surface area contributed by atoms with E-state index in [-0.39, 0.29) is 6.54 Å². The quantitative estimate of drug-likeness (QED) is 0.666. The summed E-state index contributed by atoms with van der Waals surface area (Å²) >= 11 is 1.60. The Morgan fingerprint density at radius 1 is 1.00 bits per heavy atom. The van der Waals surface area contributed by atoms with Crippen LogP contribution in [0.3, 0.4) is 0 Å². The molecule has 0 aliphatic carbocycles. The Kier molecular flexibility index (Phi) is 5.93. The smallest absolute Gasteiger partial charge is 0.325 e. The fourth-order valence-electron chi connectivity index (χ4n) is 2.62. The Morgan fingerprint density at radius 3 is 2.37 bits per heavy atom. The maximum atomic E-state index is 12.6. The molecular formula is C20H19N3O3S. The van der Waals surface area contributed by atoms with E-state index in [9.17, 15) is 14.4 Å². The van der Waals surface area contributed by atoms with Crippen LogP contribution in [0.1, 0.15) is 5.56 Å². The van der Waals surface area contributed by atoms with Crippen molar-refractivity contribution in [2.75, 3.05) is 11.6 Å². The highest BCUT2D eigenvalue weighted by molar-refractivity contribution is 7.98. The second-order valence-corrected chi connectivity index (χ2v) is 6.79. The van der Waals surface area contributed by atoms with E-state index in [0.29, 0.717) is 12.2 Å². The van der Waals surface area contributed by atoms with E-state index in [0.717, 1.165) is 15.0 Å². The van der Waals surface area contributed by atoms with Crippen molar-refractivity contribution in [3.8, 4) is 0 Å². The van der Waals surface area contributed by atoms with Crippen LogP contribution in [0.4, 0.5) is 5.69 Å². The third-order valence-corrected chi connectivity index (χ3v) is 4.75. The van der Waals surface area contributed by atoms with E-state index in [1.807, 2.05) is 48.7 Å². The molecule has 0 aliphatic heterocycles. The number of amides is 1. The zero-order chi connectivity index (χ0) is 19.2. The Bertz CT molecular complexity index is 1040. The molecule has 0 radical (unpaired) electrons. The molecule has 7 heteroatoms. The SMILES string of the molecule is CSc1ccc(NC(=O)Cn2c(=O)ccn(Cc3ccccc3)c2=O)cc1. The van der Waals surface area contributed by atoms with Gasteiger partial charge in [-0.25, -0.2) is 4.79 Å². The minimum Gasteiger partial charge on any atom is -0.325 e. The second kappa shape index (κ2) is 8.55. The van der Waals surface area contributed by atoms with Gasteiger partial charge in [0, 0.05) is 22.8 Å². The van der Waals surface area contributed by atoms with Crippen LogP contribution in [0.5, 0.6) is 0 Å². The monoisotopic (exact) mass is 381 g/mol. The highest BCUT2D eigenvalue weighted by Crippen LogP contribution is 2.17. The van der Waals surface area contributed by atoms with Gasteiger partial charge < -0.3 is 5.32 Å². The summed E-state index contributed by atoms with van der Waals surface area (Å²) in [6.07, 6.45) is 3.42. The van der Waals surface area contributed by atoms with Crippen molar-refractivity contribution >= 4 is 23.4 Å². The molecule has 1 N–H and O–H groups in total. The fraction of sp³-hybridized carbons (Fsp3) is 0.150. The number of rotatable bonds is 6. The maximum Gasteiger partial charge on any atom is 0.331 e. The zero-order valence-corrected chi connectivity index (χ0v) is 15.6. The molecule has 3 aromatic rings. The Balaban J connectivity index is 1.77. The van der Waals surface area contributed by atoms with Crippen LogP contribution >= 0.6 is 11.8 Å². The molecule has 1 amide bonds. The van der Waals surface area contributed by atoms with Gasteiger partial charge in [-0.1, -0.05) is 30.3 Å². The van der Waals surface area contributed by atoms with Gasteiger partial charge in [-0.2, -0.15) is 0 Å². The third-order valence-electron chi connectivity index (χ3n) is 4.01. The van der Waals surface area contributed by atoms with Crippen LogP contribution in [0.15, 0.2) is 81.3 Å². The van der Waals surface area contributed by atoms with Crippen LogP contribution in [0.25, 0.3) is 0 Å². The van der Waals surface area contributed by atoms with Crippen molar-refractivity contribution in [2.24, 2.45) is 0 Å². The predicted octanol–water partition coefficient (Wildman–Crippen LogP) is 2.42. The number of carbonyl (C=O) groups is 1. The summed E-state index contributed by atoms with van der Waals surface area (Å²) in [4.78, 5) is 38.1. The fourth-order valence-corrected chi connectivity index (χ4v) is 3.03. The van der Waals surface area contributed by atoms with Gasteiger partial charge in [0.15, 0.2) is 0 Å². The van der Waals surface area contributed by atoms with Gasteiger partial charge in [-0.3, -0.25) is 18.7 Å². The molecular weight excluding hydrogens is 362 g/mol. The Labute approximate surface area is 160 Å². The lowest BCUT2D eigenvalue weighted by molar-refractivity contribution is -0.116. The molecule has 1 heterocycles. The molecule has 0 saturated carbocycles. The van der Waals surface area contributed by atoms with Gasteiger partial charge >= 0.3 is 5.69 Å². The third kappa shape index (κ3) is 4.77. The number of nitrogens with one attached hydrogen (secondary N) is 1. The van der Waals surface area contributed by atoms with E-state index in [4.69, 9.17) is 0 Å². The van der Waals surface area contributed by atoms with Gasteiger partial charge in [-0.05, 0) is 36.1 Å². The summed E-state index contributed by atoms with van der Waals surface area (Å²) in [5, 5.41) is 2.71. The molecule has 1 aromatic heterocycles. The number of carbonyl (C=O) groups excluding carboxylic acids is 1.